The predicted molar refractivity (Wildman–Crippen MR) is 59.5 cm³/mol. The van der Waals surface area contributed by atoms with Gasteiger partial charge in [0.05, 0.1) is 5.56 Å². The number of nitrogens with one attached hydrogen (secondary N) is 1. The zero-order chi connectivity index (χ0) is 15.8. The summed E-state index contributed by atoms with van der Waals surface area (Å²) in [5, 5.41) is 2.78. The molecule has 2 nitrogen and oxygen atoms in total. The van der Waals surface area contributed by atoms with Gasteiger partial charge in [-0.25, -0.2) is 17.6 Å². The molecule has 0 bridgehead atoms. The molecule has 1 aliphatic heterocycles. The van der Waals surface area contributed by atoms with E-state index in [1.165, 1.54) is 0 Å². The number of nitrogens with zero attached hydrogens (tertiary/aromatic N) is 1. The van der Waals surface area contributed by atoms with Gasteiger partial charge < -0.3 is 5.32 Å². The number of hydrogen-bond donors (Lipinski definition) is 1. The van der Waals surface area contributed by atoms with E-state index in [0.717, 1.165) is 4.90 Å². The van der Waals surface area contributed by atoms with Gasteiger partial charge in [0.15, 0.2) is 23.3 Å². The van der Waals surface area contributed by atoms with E-state index < -0.39 is 41.1 Å². The van der Waals surface area contributed by atoms with E-state index in [4.69, 9.17) is 0 Å². The lowest BCUT2D eigenvalue weighted by Gasteiger charge is -2.36. The third-order valence-electron chi connectivity index (χ3n) is 3.25. The quantitative estimate of drug-likeness (QED) is 0.667. The highest BCUT2D eigenvalue weighted by Crippen LogP contribution is 2.41. The smallest absolute Gasteiger partial charge is 0.314 e. The second kappa shape index (κ2) is 5.80. The molecule has 0 amide bonds. The maximum atomic E-state index is 13.7. The van der Waals surface area contributed by atoms with Crippen LogP contribution < -0.4 is 5.32 Å². The molecule has 2 rings (SSSR count). The van der Waals surface area contributed by atoms with Gasteiger partial charge in [0.1, 0.15) is 6.04 Å². The molecule has 9 heteroatoms. The van der Waals surface area contributed by atoms with Crippen molar-refractivity contribution in [3.8, 4) is 0 Å². The van der Waals surface area contributed by atoms with Crippen molar-refractivity contribution in [2.24, 2.45) is 0 Å². The highest BCUT2D eigenvalue weighted by molar-refractivity contribution is 5.27. The largest absolute Gasteiger partial charge is 0.408 e. The lowest BCUT2D eigenvalue weighted by molar-refractivity contribution is -0.189. The molecule has 0 radical (unpaired) electrons. The molecule has 1 atom stereocenters. The van der Waals surface area contributed by atoms with Crippen molar-refractivity contribution < 1.29 is 30.7 Å². The predicted octanol–water partition coefficient (Wildman–Crippen LogP) is 2.75. The minimum atomic E-state index is -5.07. The van der Waals surface area contributed by atoms with Crippen LogP contribution in [0.15, 0.2) is 6.07 Å². The van der Waals surface area contributed by atoms with Crippen LogP contribution in [-0.2, 0) is 0 Å². The Balaban J connectivity index is 2.56. The Kier molecular flexibility index (Phi) is 4.43. The Hall–Kier alpha value is -1.35. The summed E-state index contributed by atoms with van der Waals surface area (Å²) in [5.41, 5.74) is -1.64. The number of benzene rings is 1. The molecular formula is C12H11F7N2. The second-order valence-electron chi connectivity index (χ2n) is 4.61. The van der Waals surface area contributed by atoms with Crippen molar-refractivity contribution >= 4 is 0 Å². The monoisotopic (exact) mass is 316 g/mol. The Labute approximate surface area is 115 Å². The van der Waals surface area contributed by atoms with Crippen molar-refractivity contribution in [1.82, 2.24) is 10.2 Å². The molecule has 1 aromatic rings. The van der Waals surface area contributed by atoms with E-state index in [1.807, 2.05) is 0 Å². The molecule has 1 aromatic carbocycles. The van der Waals surface area contributed by atoms with Crippen LogP contribution in [0.25, 0.3) is 0 Å². The third-order valence-corrected chi connectivity index (χ3v) is 3.25. The Morgan fingerprint density at radius 2 is 1.43 bits per heavy atom. The number of rotatable bonds is 2. The fourth-order valence-electron chi connectivity index (χ4n) is 2.33. The van der Waals surface area contributed by atoms with Crippen molar-refractivity contribution in [3.63, 3.8) is 0 Å². The number of alkyl halides is 3. The summed E-state index contributed by atoms with van der Waals surface area (Å²) < 4.78 is 93.1. The number of piperazine rings is 1. The van der Waals surface area contributed by atoms with Gasteiger partial charge in [0.25, 0.3) is 0 Å². The Morgan fingerprint density at radius 3 is 1.86 bits per heavy atom. The topological polar surface area (TPSA) is 15.3 Å². The molecule has 0 spiro atoms. The van der Waals surface area contributed by atoms with Gasteiger partial charge in [-0.05, 0) is 0 Å². The first-order valence-corrected chi connectivity index (χ1v) is 6.08. The van der Waals surface area contributed by atoms with Crippen LogP contribution >= 0.6 is 0 Å². The van der Waals surface area contributed by atoms with Crippen molar-refractivity contribution in [2.75, 3.05) is 26.2 Å². The zero-order valence-electron chi connectivity index (χ0n) is 10.6. The normalized spacial score (nSPS) is 18.8. The maximum absolute atomic E-state index is 13.7. The van der Waals surface area contributed by atoms with E-state index >= 15 is 0 Å². The molecule has 1 N–H and O–H groups in total. The molecule has 0 saturated carbocycles. The summed E-state index contributed by atoms with van der Waals surface area (Å²) in [4.78, 5) is 0.747. The van der Waals surface area contributed by atoms with E-state index in [9.17, 15) is 30.7 Å². The first kappa shape index (κ1) is 16.0. The van der Waals surface area contributed by atoms with E-state index in [1.54, 1.807) is 0 Å². The molecule has 0 aliphatic carbocycles. The van der Waals surface area contributed by atoms with Crippen LogP contribution in [0.5, 0.6) is 0 Å². The summed E-state index contributed by atoms with van der Waals surface area (Å²) in [5.74, 6) is -7.74. The van der Waals surface area contributed by atoms with Crippen LogP contribution in [0.1, 0.15) is 11.6 Å². The van der Waals surface area contributed by atoms with Crippen LogP contribution in [0.3, 0.4) is 0 Å². The molecule has 21 heavy (non-hydrogen) atoms. The van der Waals surface area contributed by atoms with E-state index in [-0.39, 0.29) is 32.2 Å². The van der Waals surface area contributed by atoms with Crippen molar-refractivity contribution in [2.45, 2.75) is 12.2 Å². The second-order valence-corrected chi connectivity index (χ2v) is 4.61. The van der Waals surface area contributed by atoms with Crippen LogP contribution in [0, 0.1) is 23.3 Å². The van der Waals surface area contributed by atoms with Gasteiger partial charge in [-0.1, -0.05) is 0 Å². The lowest BCUT2D eigenvalue weighted by atomic mass is 10.0. The van der Waals surface area contributed by atoms with Gasteiger partial charge >= 0.3 is 6.18 Å². The summed E-state index contributed by atoms with van der Waals surface area (Å²) in [7, 11) is 0. The van der Waals surface area contributed by atoms with Crippen LogP contribution in [0.4, 0.5) is 30.7 Å². The minimum Gasteiger partial charge on any atom is -0.314 e. The maximum Gasteiger partial charge on any atom is 0.408 e. The average molecular weight is 316 g/mol. The summed E-state index contributed by atoms with van der Waals surface area (Å²) in [6.45, 7) is 0.0452. The first-order valence-electron chi connectivity index (χ1n) is 6.08. The van der Waals surface area contributed by atoms with Crippen LogP contribution in [0.2, 0.25) is 0 Å². The van der Waals surface area contributed by atoms with Gasteiger partial charge in [-0.15, -0.1) is 0 Å². The molecule has 118 valence electrons. The molecule has 1 fully saturated rings. The average Bonchev–Trinajstić information content (AvgIpc) is 2.41. The lowest BCUT2D eigenvalue weighted by Crippen LogP contribution is -2.49. The fraction of sp³-hybridized carbons (Fsp3) is 0.500. The Bertz CT molecular complexity index is 497. The summed E-state index contributed by atoms with van der Waals surface area (Å²) in [6, 6.07) is -2.84. The number of halogens is 7. The molecule has 1 aliphatic rings. The fourth-order valence-corrected chi connectivity index (χ4v) is 2.33. The molecule has 0 unspecified atom stereocenters. The molecule has 1 saturated heterocycles. The number of hydrogen-bond acceptors (Lipinski definition) is 2. The van der Waals surface area contributed by atoms with E-state index in [2.05, 4.69) is 5.32 Å². The zero-order valence-corrected chi connectivity index (χ0v) is 10.6. The Morgan fingerprint density at radius 1 is 0.952 bits per heavy atom. The van der Waals surface area contributed by atoms with Gasteiger partial charge in [-0.2, -0.15) is 13.2 Å². The first-order chi connectivity index (χ1) is 9.73. The van der Waals surface area contributed by atoms with Crippen LogP contribution in [-0.4, -0.2) is 37.3 Å². The van der Waals surface area contributed by atoms with Gasteiger partial charge in [-0.3, -0.25) is 4.90 Å². The van der Waals surface area contributed by atoms with Crippen molar-refractivity contribution in [3.05, 3.63) is 34.9 Å². The van der Waals surface area contributed by atoms with E-state index in [0.29, 0.717) is 0 Å². The van der Waals surface area contributed by atoms with Crippen molar-refractivity contribution in [1.29, 1.82) is 0 Å². The minimum absolute atomic E-state index is 0.112. The standard InChI is InChI=1S/C12H11F7N2/c13-6-5-7(14)10(16)8(9(6)15)11(12(17,18)19)21-3-1-20-2-4-21/h5,11,20H,1-4H2/t11-/m0/s1. The highest BCUT2D eigenvalue weighted by Gasteiger charge is 2.48. The van der Waals surface area contributed by atoms with Gasteiger partial charge in [0, 0.05) is 32.2 Å². The highest BCUT2D eigenvalue weighted by atomic mass is 19.4. The SMILES string of the molecule is Fc1cc(F)c(F)c([C@H](N2CCNCC2)C(F)(F)F)c1F. The van der Waals surface area contributed by atoms with Gasteiger partial charge in [0.2, 0.25) is 0 Å². The summed E-state index contributed by atoms with van der Waals surface area (Å²) in [6.07, 6.45) is -5.07. The molecular weight excluding hydrogens is 305 g/mol. The molecule has 0 aromatic heterocycles. The summed E-state index contributed by atoms with van der Waals surface area (Å²) >= 11 is 0. The molecule has 1 heterocycles. The third kappa shape index (κ3) is 3.13.